The van der Waals surface area contributed by atoms with E-state index in [1.165, 1.54) is 23.7 Å². The molecule has 0 radical (unpaired) electrons. The van der Waals surface area contributed by atoms with Gasteiger partial charge in [-0.3, -0.25) is 19.5 Å². The number of amides is 1. The van der Waals surface area contributed by atoms with Crippen LogP contribution in [-0.2, 0) is 18.6 Å². The molecule has 0 bridgehead atoms. The second kappa shape index (κ2) is 14.0. The van der Waals surface area contributed by atoms with Crippen molar-refractivity contribution in [3.8, 4) is 0 Å². The first-order valence-electron chi connectivity index (χ1n) is 12.3. The number of hydrogen-bond acceptors (Lipinski definition) is 9. The first kappa shape index (κ1) is 30.7. The van der Waals surface area contributed by atoms with E-state index in [-0.39, 0.29) is 17.9 Å². The molecule has 0 fully saturated rings. The zero-order valence-electron chi connectivity index (χ0n) is 22.8. The molecule has 40 heavy (non-hydrogen) atoms. The average Bonchev–Trinajstić information content (AvgIpc) is 2.91. The van der Waals surface area contributed by atoms with Gasteiger partial charge in [0.15, 0.2) is 0 Å². The summed E-state index contributed by atoms with van der Waals surface area (Å²) in [7, 11) is -0.748. The van der Waals surface area contributed by atoms with Crippen LogP contribution in [0.3, 0.4) is 0 Å². The Morgan fingerprint density at radius 3 is 2.50 bits per heavy atom. The molecule has 208 valence electrons. The summed E-state index contributed by atoms with van der Waals surface area (Å²) in [5.74, 6) is -0.814. The molecule has 1 heterocycles. The molecule has 11 heteroatoms. The van der Waals surface area contributed by atoms with E-state index in [1.54, 1.807) is 63.4 Å². The Bertz CT molecular complexity index is 1420. The number of rotatable bonds is 11. The molecule has 9 nitrogen and oxygen atoms in total. The van der Waals surface area contributed by atoms with Crippen molar-refractivity contribution in [1.82, 2.24) is 9.88 Å². The summed E-state index contributed by atoms with van der Waals surface area (Å²) in [5.41, 5.74) is 8.00. The van der Waals surface area contributed by atoms with Crippen LogP contribution in [-0.4, -0.2) is 47.6 Å². The van der Waals surface area contributed by atoms with Crippen molar-refractivity contribution in [3.05, 3.63) is 89.8 Å². The number of nitrogens with one attached hydrogen (secondary N) is 1. The number of carbonyl (C=O) groups is 2. The number of pyridine rings is 1. The van der Waals surface area contributed by atoms with Crippen molar-refractivity contribution >= 4 is 49.1 Å². The standard InChI is InChI=1S/C29H32N4O5PS/c1-29(2,3)28(35)37-19-38-39(36)18-33(4)27(34)23-10-5-6-11-26(23)40-21-13-14-22(25(31)17-21)24(30)15-12-20-9-7-8-16-32-20/h5-17,30H,18-19,31H2,1-4H3/q+1/b15-12+,30-24?. The van der Waals surface area contributed by atoms with Crippen LogP contribution in [0.1, 0.15) is 42.4 Å². The maximum absolute atomic E-state index is 13.2. The van der Waals surface area contributed by atoms with Gasteiger partial charge in [-0.15, -0.1) is 4.52 Å². The number of anilines is 1. The van der Waals surface area contributed by atoms with Gasteiger partial charge in [0.25, 0.3) is 12.2 Å². The number of ether oxygens (including phenoxy) is 1. The minimum Gasteiger partial charge on any atom is -0.433 e. The molecule has 1 unspecified atom stereocenters. The smallest absolute Gasteiger partial charge is 0.433 e. The first-order valence-corrected chi connectivity index (χ1v) is 14.5. The predicted molar refractivity (Wildman–Crippen MR) is 158 cm³/mol. The third kappa shape index (κ3) is 8.84. The fourth-order valence-electron chi connectivity index (χ4n) is 3.28. The number of esters is 1. The molecular formula is C29H32N4O5PS+. The molecule has 0 saturated heterocycles. The second-order valence-electron chi connectivity index (χ2n) is 9.75. The van der Waals surface area contributed by atoms with Crippen LogP contribution in [0.5, 0.6) is 0 Å². The topological polar surface area (TPSA) is 136 Å². The molecule has 2 aromatic carbocycles. The number of benzene rings is 2. The number of nitrogens with two attached hydrogens (primary N) is 1. The summed E-state index contributed by atoms with van der Waals surface area (Å²) in [4.78, 5) is 32.0. The fourth-order valence-corrected chi connectivity index (χ4v) is 5.00. The van der Waals surface area contributed by atoms with Gasteiger partial charge in [-0.05, 0) is 80.0 Å². The van der Waals surface area contributed by atoms with Crippen LogP contribution in [0, 0.1) is 10.8 Å². The quantitative estimate of drug-likeness (QED) is 0.0897. The molecule has 0 aliphatic carbocycles. The van der Waals surface area contributed by atoms with Crippen molar-refractivity contribution < 1.29 is 23.4 Å². The molecule has 3 N–H and O–H groups in total. The lowest BCUT2D eigenvalue weighted by Gasteiger charge is -2.16. The van der Waals surface area contributed by atoms with E-state index >= 15 is 0 Å². The molecule has 0 saturated carbocycles. The van der Waals surface area contributed by atoms with Crippen LogP contribution in [0.4, 0.5) is 5.69 Å². The third-order valence-corrected chi connectivity index (χ3v) is 7.55. The summed E-state index contributed by atoms with van der Waals surface area (Å²) in [5, 5.41) is 8.38. The van der Waals surface area contributed by atoms with Crippen LogP contribution in [0.25, 0.3) is 6.08 Å². The average molecular weight is 580 g/mol. The summed E-state index contributed by atoms with van der Waals surface area (Å²) in [6.45, 7) is 4.65. The van der Waals surface area contributed by atoms with E-state index < -0.39 is 26.2 Å². The molecule has 0 aliphatic rings. The number of nitrogens with zero attached hydrogens (tertiary/aromatic N) is 2. The predicted octanol–water partition coefficient (Wildman–Crippen LogP) is 6.23. The van der Waals surface area contributed by atoms with Crippen molar-refractivity contribution in [2.24, 2.45) is 5.41 Å². The molecule has 0 aliphatic heterocycles. The lowest BCUT2D eigenvalue weighted by Crippen LogP contribution is -2.27. The van der Waals surface area contributed by atoms with Crippen LogP contribution < -0.4 is 5.73 Å². The van der Waals surface area contributed by atoms with E-state index in [2.05, 4.69) is 4.98 Å². The Morgan fingerprint density at radius 2 is 1.82 bits per heavy atom. The Balaban J connectivity index is 1.64. The fraction of sp³-hybridized carbons (Fsp3) is 0.241. The van der Waals surface area contributed by atoms with Gasteiger partial charge in [-0.25, -0.2) is 0 Å². The number of allylic oxidation sites excluding steroid dienone is 1. The summed E-state index contributed by atoms with van der Waals surface area (Å²) < 4.78 is 22.4. The van der Waals surface area contributed by atoms with Crippen LogP contribution >= 0.6 is 19.8 Å². The first-order chi connectivity index (χ1) is 19.0. The highest BCUT2D eigenvalue weighted by molar-refractivity contribution is 7.99. The Labute approximate surface area is 239 Å². The van der Waals surface area contributed by atoms with Crippen molar-refractivity contribution in [3.63, 3.8) is 0 Å². The molecular weight excluding hydrogens is 547 g/mol. The van der Waals surface area contributed by atoms with Gasteiger partial charge in [0, 0.05) is 34.3 Å². The van der Waals surface area contributed by atoms with Gasteiger partial charge >= 0.3 is 14.0 Å². The van der Waals surface area contributed by atoms with E-state index in [0.717, 1.165) is 10.6 Å². The van der Waals surface area contributed by atoms with Gasteiger partial charge in [-0.2, -0.15) is 0 Å². The number of hydrogen-bond donors (Lipinski definition) is 2. The van der Waals surface area contributed by atoms with E-state index in [9.17, 15) is 14.2 Å². The van der Waals surface area contributed by atoms with Crippen LogP contribution in [0.2, 0.25) is 0 Å². The van der Waals surface area contributed by atoms with Gasteiger partial charge < -0.3 is 15.9 Å². The van der Waals surface area contributed by atoms with Gasteiger partial charge in [-0.1, -0.05) is 30.0 Å². The lowest BCUT2D eigenvalue weighted by atomic mass is 9.98. The molecule has 0 spiro atoms. The molecule has 1 aromatic heterocycles. The Kier molecular flexibility index (Phi) is 10.7. The maximum Gasteiger partial charge on any atom is 0.533 e. The summed E-state index contributed by atoms with van der Waals surface area (Å²) >= 11 is 1.36. The number of nitrogen functional groups attached to an aromatic ring is 1. The molecule has 3 rings (SSSR count). The SMILES string of the molecule is CN(C[P+](=O)OCOC(=O)C(C)(C)C)C(=O)c1ccccc1Sc1ccc(C(=N)/C=C/c2ccccn2)c(N)c1. The van der Waals surface area contributed by atoms with Gasteiger partial charge in [0.1, 0.15) is 0 Å². The van der Waals surface area contributed by atoms with E-state index in [4.69, 9.17) is 20.4 Å². The molecule has 1 atom stereocenters. The van der Waals surface area contributed by atoms with E-state index in [1.807, 2.05) is 36.4 Å². The number of aromatic nitrogens is 1. The minimum atomic E-state index is -2.27. The van der Waals surface area contributed by atoms with Crippen LogP contribution in [0.15, 0.2) is 82.7 Å². The maximum atomic E-state index is 13.2. The highest BCUT2D eigenvalue weighted by Gasteiger charge is 2.28. The molecule has 3 aromatic rings. The van der Waals surface area contributed by atoms with Crippen molar-refractivity contribution in [2.45, 2.75) is 30.6 Å². The van der Waals surface area contributed by atoms with Gasteiger partial charge in [0.2, 0.25) is 6.79 Å². The normalized spacial score (nSPS) is 11.8. The Morgan fingerprint density at radius 1 is 1.10 bits per heavy atom. The van der Waals surface area contributed by atoms with Crippen molar-refractivity contribution in [1.29, 1.82) is 5.41 Å². The zero-order valence-corrected chi connectivity index (χ0v) is 24.5. The highest BCUT2D eigenvalue weighted by atomic mass is 32.2. The third-order valence-electron chi connectivity index (χ3n) is 5.44. The molecule has 1 amide bonds. The second-order valence-corrected chi connectivity index (χ2v) is 12.1. The lowest BCUT2D eigenvalue weighted by molar-refractivity contribution is -0.159. The van der Waals surface area contributed by atoms with Gasteiger partial charge in [0.05, 0.1) is 22.4 Å². The van der Waals surface area contributed by atoms with E-state index in [0.29, 0.717) is 21.7 Å². The minimum absolute atomic E-state index is 0.171. The summed E-state index contributed by atoms with van der Waals surface area (Å²) in [6, 6.07) is 18.0. The summed E-state index contributed by atoms with van der Waals surface area (Å²) in [6.07, 6.45) is 4.91. The largest absolute Gasteiger partial charge is 0.533 e. The highest BCUT2D eigenvalue weighted by Crippen LogP contribution is 2.34. The Hall–Kier alpha value is -3.85. The zero-order chi connectivity index (χ0) is 29.3. The monoisotopic (exact) mass is 579 g/mol. The van der Waals surface area contributed by atoms with Crippen molar-refractivity contribution in [2.75, 3.05) is 25.9 Å². The number of carbonyl (C=O) groups excluding carboxylic acids is 2.